The highest BCUT2D eigenvalue weighted by atomic mass is 19.1. The highest BCUT2D eigenvalue weighted by molar-refractivity contribution is 5.80. The predicted molar refractivity (Wildman–Crippen MR) is 78.8 cm³/mol. The third-order valence-corrected chi connectivity index (χ3v) is 3.00. The van der Waals surface area contributed by atoms with E-state index in [4.69, 9.17) is 0 Å². The molecule has 0 aliphatic rings. The quantitative estimate of drug-likeness (QED) is 0.634. The van der Waals surface area contributed by atoms with E-state index in [0.717, 1.165) is 24.5 Å². The van der Waals surface area contributed by atoms with Gasteiger partial charge in [0.05, 0.1) is 6.54 Å². The Kier molecular flexibility index (Phi) is 6.33. The van der Waals surface area contributed by atoms with Crippen LogP contribution in [0.2, 0.25) is 0 Å². The topological polar surface area (TPSA) is 36.4 Å². The van der Waals surface area contributed by atoms with Crippen molar-refractivity contribution in [3.63, 3.8) is 0 Å². The summed E-state index contributed by atoms with van der Waals surface area (Å²) >= 11 is 0. The van der Waals surface area contributed by atoms with E-state index in [9.17, 15) is 4.39 Å². The van der Waals surface area contributed by atoms with Gasteiger partial charge in [-0.15, -0.1) is 0 Å². The number of hydrogen-bond acceptors (Lipinski definition) is 1. The van der Waals surface area contributed by atoms with Crippen molar-refractivity contribution in [1.29, 1.82) is 0 Å². The number of guanidine groups is 1. The van der Waals surface area contributed by atoms with Crippen molar-refractivity contribution in [2.45, 2.75) is 46.7 Å². The van der Waals surface area contributed by atoms with Gasteiger partial charge in [0.25, 0.3) is 0 Å². The Labute approximate surface area is 115 Å². The molecule has 106 valence electrons. The van der Waals surface area contributed by atoms with E-state index in [-0.39, 0.29) is 5.82 Å². The molecule has 0 bridgehead atoms. The summed E-state index contributed by atoms with van der Waals surface area (Å²) in [6.07, 6.45) is 1.03. The Hall–Kier alpha value is -1.58. The Balaban J connectivity index is 2.70. The van der Waals surface area contributed by atoms with Crippen molar-refractivity contribution in [1.82, 2.24) is 10.6 Å². The van der Waals surface area contributed by atoms with Crippen molar-refractivity contribution in [3.8, 4) is 0 Å². The second kappa shape index (κ2) is 7.77. The molecule has 0 amide bonds. The summed E-state index contributed by atoms with van der Waals surface area (Å²) in [5, 5.41) is 6.50. The van der Waals surface area contributed by atoms with Crippen molar-refractivity contribution in [3.05, 3.63) is 35.1 Å². The molecule has 0 fully saturated rings. The fourth-order valence-corrected chi connectivity index (χ4v) is 1.56. The normalized spacial score (nSPS) is 13.2. The molecule has 19 heavy (non-hydrogen) atoms. The molecule has 0 radical (unpaired) electrons. The van der Waals surface area contributed by atoms with Crippen LogP contribution in [0.4, 0.5) is 4.39 Å². The summed E-state index contributed by atoms with van der Waals surface area (Å²) in [6.45, 7) is 9.30. The smallest absolute Gasteiger partial charge is 0.191 e. The van der Waals surface area contributed by atoms with Crippen LogP contribution in [0.3, 0.4) is 0 Å². The lowest BCUT2D eigenvalue weighted by atomic mass is 10.1. The second-order valence-corrected chi connectivity index (χ2v) is 4.73. The molecule has 1 unspecified atom stereocenters. The van der Waals surface area contributed by atoms with Gasteiger partial charge in [-0.1, -0.05) is 19.1 Å². The molecule has 1 aromatic carbocycles. The zero-order chi connectivity index (χ0) is 14.3. The summed E-state index contributed by atoms with van der Waals surface area (Å²) in [5.74, 6) is 0.602. The van der Waals surface area contributed by atoms with Gasteiger partial charge in [-0.2, -0.15) is 0 Å². The minimum absolute atomic E-state index is 0.174. The fraction of sp³-hybridized carbons (Fsp3) is 0.533. The van der Waals surface area contributed by atoms with Gasteiger partial charge >= 0.3 is 0 Å². The van der Waals surface area contributed by atoms with Crippen LogP contribution in [-0.2, 0) is 6.54 Å². The van der Waals surface area contributed by atoms with Gasteiger partial charge < -0.3 is 10.6 Å². The molecule has 0 spiro atoms. The van der Waals surface area contributed by atoms with Crippen molar-refractivity contribution < 1.29 is 4.39 Å². The maximum atomic E-state index is 13.4. The molecule has 0 aliphatic carbocycles. The van der Waals surface area contributed by atoms with Crippen molar-refractivity contribution >= 4 is 5.96 Å². The number of rotatable bonds is 5. The number of nitrogens with one attached hydrogen (secondary N) is 2. The van der Waals surface area contributed by atoms with Crippen LogP contribution in [-0.4, -0.2) is 18.5 Å². The van der Waals surface area contributed by atoms with Crippen LogP contribution < -0.4 is 10.6 Å². The van der Waals surface area contributed by atoms with Crippen LogP contribution in [0.25, 0.3) is 0 Å². The molecule has 0 saturated carbocycles. The number of aliphatic imine (C=N–C) groups is 1. The highest BCUT2D eigenvalue weighted by Crippen LogP contribution is 2.09. The maximum Gasteiger partial charge on any atom is 0.191 e. The summed E-state index contributed by atoms with van der Waals surface area (Å²) < 4.78 is 13.4. The largest absolute Gasteiger partial charge is 0.357 e. The average molecular weight is 265 g/mol. The van der Waals surface area contributed by atoms with E-state index < -0.39 is 0 Å². The summed E-state index contributed by atoms with van der Waals surface area (Å²) in [5.41, 5.74) is 1.54. The van der Waals surface area contributed by atoms with Gasteiger partial charge in [0, 0.05) is 12.6 Å². The standard InChI is InChI=1S/C15H24FN3/c1-5-12(4)19-15(17-6-2)18-10-13-8-7-11(3)14(16)9-13/h7-9,12H,5-6,10H2,1-4H3,(H2,17,18,19). The SMILES string of the molecule is CCNC(=NCc1ccc(C)c(F)c1)NC(C)CC. The number of nitrogens with zero attached hydrogens (tertiary/aromatic N) is 1. The van der Waals surface area contributed by atoms with E-state index in [1.807, 2.05) is 13.0 Å². The summed E-state index contributed by atoms with van der Waals surface area (Å²) in [6, 6.07) is 5.61. The number of halogens is 1. The Morgan fingerprint density at radius 1 is 1.37 bits per heavy atom. The fourth-order valence-electron chi connectivity index (χ4n) is 1.56. The lowest BCUT2D eigenvalue weighted by molar-refractivity contribution is 0.614. The Morgan fingerprint density at radius 3 is 2.68 bits per heavy atom. The maximum absolute atomic E-state index is 13.4. The van der Waals surface area contributed by atoms with Gasteiger partial charge in [0.1, 0.15) is 5.82 Å². The number of aryl methyl sites for hydroxylation is 1. The molecule has 4 heteroatoms. The van der Waals surface area contributed by atoms with Gasteiger partial charge in [-0.25, -0.2) is 9.38 Å². The van der Waals surface area contributed by atoms with E-state index in [1.54, 1.807) is 19.1 Å². The Bertz CT molecular complexity index is 429. The lowest BCUT2D eigenvalue weighted by Crippen LogP contribution is -2.41. The number of hydrogen-bond donors (Lipinski definition) is 2. The minimum Gasteiger partial charge on any atom is -0.357 e. The monoisotopic (exact) mass is 265 g/mol. The first-order valence-electron chi connectivity index (χ1n) is 6.86. The third kappa shape index (κ3) is 5.28. The van der Waals surface area contributed by atoms with Crippen LogP contribution in [0.5, 0.6) is 0 Å². The molecular formula is C15H24FN3. The van der Waals surface area contributed by atoms with Crippen molar-refractivity contribution in [2.75, 3.05) is 6.54 Å². The molecule has 0 aromatic heterocycles. The number of benzene rings is 1. The van der Waals surface area contributed by atoms with Gasteiger partial charge in [0.15, 0.2) is 5.96 Å². The zero-order valence-electron chi connectivity index (χ0n) is 12.3. The van der Waals surface area contributed by atoms with Crippen LogP contribution >= 0.6 is 0 Å². The predicted octanol–water partition coefficient (Wildman–Crippen LogP) is 2.99. The van der Waals surface area contributed by atoms with E-state index in [2.05, 4.69) is 29.5 Å². The molecule has 3 nitrogen and oxygen atoms in total. The lowest BCUT2D eigenvalue weighted by Gasteiger charge is -2.16. The molecule has 0 saturated heterocycles. The minimum atomic E-state index is -0.174. The van der Waals surface area contributed by atoms with Gasteiger partial charge in [-0.05, 0) is 44.4 Å². The molecule has 1 aromatic rings. The zero-order valence-corrected chi connectivity index (χ0v) is 12.3. The third-order valence-electron chi connectivity index (χ3n) is 3.00. The van der Waals surface area contributed by atoms with E-state index in [0.29, 0.717) is 18.2 Å². The van der Waals surface area contributed by atoms with Crippen LogP contribution in [0.15, 0.2) is 23.2 Å². The molecular weight excluding hydrogens is 241 g/mol. The van der Waals surface area contributed by atoms with E-state index >= 15 is 0 Å². The molecule has 0 aliphatic heterocycles. The summed E-state index contributed by atoms with van der Waals surface area (Å²) in [7, 11) is 0. The molecule has 2 N–H and O–H groups in total. The molecule has 0 heterocycles. The summed E-state index contributed by atoms with van der Waals surface area (Å²) in [4.78, 5) is 4.47. The first kappa shape index (κ1) is 15.5. The first-order chi connectivity index (χ1) is 9.06. The molecule has 1 rings (SSSR count). The Morgan fingerprint density at radius 2 is 2.11 bits per heavy atom. The van der Waals surface area contributed by atoms with Crippen LogP contribution in [0, 0.1) is 12.7 Å². The van der Waals surface area contributed by atoms with E-state index in [1.165, 1.54) is 0 Å². The van der Waals surface area contributed by atoms with Crippen molar-refractivity contribution in [2.24, 2.45) is 4.99 Å². The average Bonchev–Trinajstić information content (AvgIpc) is 2.40. The molecule has 1 atom stereocenters. The van der Waals surface area contributed by atoms with Gasteiger partial charge in [0.2, 0.25) is 0 Å². The van der Waals surface area contributed by atoms with Gasteiger partial charge in [-0.3, -0.25) is 0 Å². The first-order valence-corrected chi connectivity index (χ1v) is 6.86. The second-order valence-electron chi connectivity index (χ2n) is 4.73. The highest BCUT2D eigenvalue weighted by Gasteiger charge is 2.03. The van der Waals surface area contributed by atoms with Crippen LogP contribution in [0.1, 0.15) is 38.3 Å².